The van der Waals surface area contributed by atoms with E-state index in [-0.39, 0.29) is 0 Å². The van der Waals surface area contributed by atoms with Crippen LogP contribution in [0.4, 0.5) is 0 Å². The van der Waals surface area contributed by atoms with Gasteiger partial charge in [0.1, 0.15) is 17.3 Å². The summed E-state index contributed by atoms with van der Waals surface area (Å²) >= 11 is 1.78. The van der Waals surface area contributed by atoms with Crippen LogP contribution in [-0.2, 0) is 0 Å². The second kappa shape index (κ2) is 44.0. The van der Waals surface area contributed by atoms with Gasteiger partial charge in [0.25, 0.3) is 0 Å². The van der Waals surface area contributed by atoms with Crippen LogP contribution in [-0.4, -0.2) is 9.97 Å². The molecule has 0 aromatic carbocycles. The fourth-order valence-corrected chi connectivity index (χ4v) is 3.07. The van der Waals surface area contributed by atoms with Gasteiger partial charge in [-0.3, -0.25) is 0 Å². The molecule has 0 aliphatic heterocycles. The number of furan rings is 1. The molecule has 4 aromatic heterocycles. The van der Waals surface area contributed by atoms with Crippen molar-refractivity contribution < 1.29 is 13.3 Å². The predicted molar refractivity (Wildman–Crippen MR) is 210 cm³/mol. The largest absolute Gasteiger partial charge is 0.470 e. The maximum absolute atomic E-state index is 5.10. The lowest BCUT2D eigenvalue weighted by Gasteiger charge is -1.78. The highest BCUT2D eigenvalue weighted by molar-refractivity contribution is 7.09. The summed E-state index contributed by atoms with van der Waals surface area (Å²) in [5.74, 6) is 4.31. The number of hydrogen-bond donors (Lipinski definition) is 0. The van der Waals surface area contributed by atoms with Crippen molar-refractivity contribution >= 4 is 11.3 Å². The summed E-state index contributed by atoms with van der Waals surface area (Å²) in [5.41, 5.74) is 3.44. The molecule has 5 rings (SSSR count). The molecule has 0 spiro atoms. The molecule has 0 radical (unpaired) electrons. The second-order valence-corrected chi connectivity index (χ2v) is 8.99. The smallest absolute Gasteiger partial charge is 0.191 e. The maximum Gasteiger partial charge on any atom is 0.191 e. The van der Waals surface area contributed by atoms with Crippen molar-refractivity contribution in [1.82, 2.24) is 9.97 Å². The second-order valence-electron chi connectivity index (χ2n) is 7.84. The molecule has 5 nitrogen and oxygen atoms in total. The Morgan fingerprint density at radius 2 is 1.02 bits per heavy atom. The molecular weight excluding hydrogens is 589 g/mol. The normalized spacial score (nSPS) is 8.93. The molecule has 0 fully saturated rings. The molecule has 1 aliphatic carbocycles. The maximum atomic E-state index is 5.10. The monoisotopic (exact) mass is 663 g/mol. The van der Waals surface area contributed by atoms with E-state index < -0.39 is 0 Å². The first-order chi connectivity index (χ1) is 22.1. The average molecular weight is 663 g/mol. The molecule has 4 heterocycles. The molecule has 268 valence electrons. The Kier molecular flexibility index (Phi) is 52.9. The van der Waals surface area contributed by atoms with E-state index in [2.05, 4.69) is 59.6 Å². The van der Waals surface area contributed by atoms with Gasteiger partial charge in [0.05, 0.1) is 17.7 Å². The zero-order valence-corrected chi connectivity index (χ0v) is 34.7. The van der Waals surface area contributed by atoms with Crippen LogP contribution in [0, 0.1) is 55.4 Å². The molecule has 0 unspecified atom stereocenters. The third-order valence-electron chi connectivity index (χ3n) is 4.55. The molecular formula is C40H74N2O3S. The van der Waals surface area contributed by atoms with Crippen LogP contribution in [0.2, 0.25) is 0 Å². The highest BCUT2D eigenvalue weighted by Gasteiger charge is 1.98. The predicted octanol–water partition coefficient (Wildman–Crippen LogP) is 14.9. The van der Waals surface area contributed by atoms with Crippen molar-refractivity contribution in [3.05, 3.63) is 105 Å². The Morgan fingerprint density at radius 3 is 1.11 bits per heavy atom. The van der Waals surface area contributed by atoms with E-state index in [0.29, 0.717) is 0 Å². The van der Waals surface area contributed by atoms with Crippen molar-refractivity contribution in [1.29, 1.82) is 0 Å². The van der Waals surface area contributed by atoms with E-state index in [0.717, 1.165) is 40.5 Å². The van der Waals surface area contributed by atoms with Gasteiger partial charge in [0.15, 0.2) is 11.8 Å². The number of oxazole rings is 2. The molecule has 4 aromatic rings. The molecule has 46 heavy (non-hydrogen) atoms. The van der Waals surface area contributed by atoms with E-state index in [4.69, 9.17) is 13.3 Å². The van der Waals surface area contributed by atoms with Gasteiger partial charge in [0.2, 0.25) is 0 Å². The summed E-state index contributed by atoms with van der Waals surface area (Å²) in [4.78, 5) is 9.47. The summed E-state index contributed by atoms with van der Waals surface area (Å²) < 4.78 is 15.0. The van der Waals surface area contributed by atoms with E-state index >= 15 is 0 Å². The zero-order valence-electron chi connectivity index (χ0n) is 33.9. The number of hydrogen-bond acceptors (Lipinski definition) is 6. The summed E-state index contributed by atoms with van der Waals surface area (Å²) in [6, 6.07) is 7.94. The van der Waals surface area contributed by atoms with Crippen LogP contribution in [0.3, 0.4) is 0 Å². The highest BCUT2D eigenvalue weighted by atomic mass is 32.1. The number of aryl methyl sites for hydroxylation is 8. The molecule has 0 amide bonds. The van der Waals surface area contributed by atoms with Gasteiger partial charge in [0, 0.05) is 18.7 Å². The summed E-state index contributed by atoms with van der Waals surface area (Å²) in [6.07, 6.45) is 9.22. The van der Waals surface area contributed by atoms with Crippen LogP contribution in [0.25, 0.3) is 0 Å². The number of thiophene rings is 1. The van der Waals surface area contributed by atoms with E-state index in [9.17, 15) is 0 Å². The number of aromatic nitrogens is 2. The molecule has 1 aliphatic rings. The van der Waals surface area contributed by atoms with Gasteiger partial charge in [-0.1, -0.05) is 113 Å². The van der Waals surface area contributed by atoms with Crippen molar-refractivity contribution in [3.63, 3.8) is 0 Å². The molecule has 0 saturated heterocycles. The SMILES string of the molecule is CC.CC.CC.CC.CC.CC.CC1=CC=CC1.Cc1ccco1.Cc1cccs1.Cc1nc(C)c(C)o1.Cc1nc(C)c(C)o1. The molecule has 0 N–H and O–H groups in total. The van der Waals surface area contributed by atoms with Crippen molar-refractivity contribution in [2.24, 2.45) is 0 Å². The van der Waals surface area contributed by atoms with Crippen molar-refractivity contribution in [3.8, 4) is 0 Å². The zero-order chi connectivity index (χ0) is 37.5. The number of allylic oxidation sites excluding steroid dienone is 4. The summed E-state index contributed by atoms with van der Waals surface area (Å²) in [5, 5.41) is 2.08. The minimum atomic E-state index is 0.750. The van der Waals surface area contributed by atoms with Gasteiger partial charge in [-0.25, -0.2) is 9.97 Å². The Hall–Kier alpha value is -3.12. The first kappa shape index (κ1) is 55.3. The highest BCUT2D eigenvalue weighted by Crippen LogP contribution is 2.07. The van der Waals surface area contributed by atoms with Gasteiger partial charge in [-0.15, -0.1) is 11.3 Å². The first-order valence-corrected chi connectivity index (χ1v) is 18.1. The van der Waals surface area contributed by atoms with Gasteiger partial charge < -0.3 is 13.3 Å². The topological polar surface area (TPSA) is 65.2 Å². The molecule has 0 saturated carbocycles. The Morgan fingerprint density at radius 1 is 0.587 bits per heavy atom. The molecule has 0 bridgehead atoms. The average Bonchev–Trinajstić information content (AvgIpc) is 3.95. The van der Waals surface area contributed by atoms with E-state index in [1.165, 1.54) is 16.9 Å². The van der Waals surface area contributed by atoms with Crippen molar-refractivity contribution in [2.45, 2.75) is 152 Å². The lowest BCUT2D eigenvalue weighted by molar-refractivity contribution is 0.493. The first-order valence-electron chi connectivity index (χ1n) is 17.2. The van der Waals surface area contributed by atoms with Gasteiger partial charge in [-0.2, -0.15) is 0 Å². The fraction of sp³-hybridized carbons (Fsp3) is 0.550. The van der Waals surface area contributed by atoms with Crippen LogP contribution in [0.15, 0.2) is 73.0 Å². The van der Waals surface area contributed by atoms with Crippen LogP contribution >= 0.6 is 11.3 Å². The number of rotatable bonds is 0. The van der Waals surface area contributed by atoms with Crippen LogP contribution < -0.4 is 0 Å². The van der Waals surface area contributed by atoms with Crippen molar-refractivity contribution in [2.75, 3.05) is 0 Å². The molecule has 0 atom stereocenters. The minimum Gasteiger partial charge on any atom is -0.470 e. The Labute approximate surface area is 290 Å². The minimum absolute atomic E-state index is 0.750. The fourth-order valence-electron chi connectivity index (χ4n) is 2.54. The third-order valence-corrected chi connectivity index (χ3v) is 5.36. The lowest BCUT2D eigenvalue weighted by atomic mass is 10.3. The van der Waals surface area contributed by atoms with Crippen LogP contribution in [0.5, 0.6) is 0 Å². The van der Waals surface area contributed by atoms with Gasteiger partial charge in [-0.05, 0) is 78.5 Å². The Bertz CT molecular complexity index is 1000. The van der Waals surface area contributed by atoms with Crippen LogP contribution in [0.1, 0.15) is 142 Å². The quantitative estimate of drug-likeness (QED) is 0.187. The summed E-state index contributed by atoms with van der Waals surface area (Å²) in [7, 11) is 0. The lowest BCUT2D eigenvalue weighted by Crippen LogP contribution is -1.71. The number of nitrogens with zero attached hydrogens (tertiary/aromatic N) is 2. The Balaban J connectivity index is -0.000000101. The third kappa shape index (κ3) is 37.1. The van der Waals surface area contributed by atoms with Gasteiger partial charge >= 0.3 is 0 Å². The standard InChI is InChI=1S/2C6H9NO.C6H8.C5H6O.C5H6S.6C2H6/c2*1-4-5(2)8-6(3)7-4;1-6-4-2-3-5-6;2*1-5-3-2-4-6-5;6*1-2/h2*1-3H3;2-4H,5H2,1H3;2*2-4H,1H3;6*1-2H3. The summed E-state index contributed by atoms with van der Waals surface area (Å²) in [6.45, 7) is 41.5. The molecule has 6 heteroatoms. The van der Waals surface area contributed by atoms with E-state index in [1.807, 2.05) is 144 Å². The van der Waals surface area contributed by atoms with E-state index in [1.54, 1.807) is 17.6 Å².